The van der Waals surface area contributed by atoms with E-state index in [1.807, 2.05) is 30.5 Å². The van der Waals surface area contributed by atoms with Crippen LogP contribution in [0.4, 0.5) is 0 Å². The number of hydrogen-bond acceptors (Lipinski definition) is 5. The molecule has 0 radical (unpaired) electrons. The topological polar surface area (TPSA) is 114 Å². The van der Waals surface area contributed by atoms with Crippen molar-refractivity contribution in [3.8, 4) is 0 Å². The average Bonchev–Trinajstić information content (AvgIpc) is 2.94. The predicted molar refractivity (Wildman–Crippen MR) is 120 cm³/mol. The van der Waals surface area contributed by atoms with Crippen molar-refractivity contribution in [3.63, 3.8) is 0 Å². The number of aryl methyl sites for hydroxylation is 2. The number of primary amides is 1. The van der Waals surface area contributed by atoms with E-state index in [2.05, 4.69) is 16.3 Å². The third-order valence-corrected chi connectivity index (χ3v) is 6.10. The molecule has 2 amide bonds. The fraction of sp³-hybridized carbons (Fsp3) is 0.375. The highest BCUT2D eigenvalue weighted by atomic mass is 16.2. The molecule has 1 fully saturated rings. The molecule has 1 aromatic heterocycles. The van der Waals surface area contributed by atoms with Gasteiger partial charge in [-0.05, 0) is 60.6 Å². The van der Waals surface area contributed by atoms with Crippen LogP contribution < -0.4 is 16.8 Å². The molecule has 162 valence electrons. The highest BCUT2D eigenvalue weighted by molar-refractivity contribution is 5.94. The summed E-state index contributed by atoms with van der Waals surface area (Å²) < 4.78 is 0. The van der Waals surface area contributed by atoms with Gasteiger partial charge in [0.2, 0.25) is 11.8 Å². The van der Waals surface area contributed by atoms with Crippen molar-refractivity contribution in [1.29, 1.82) is 0 Å². The van der Waals surface area contributed by atoms with E-state index in [1.165, 1.54) is 16.7 Å². The van der Waals surface area contributed by atoms with E-state index in [4.69, 9.17) is 16.5 Å². The van der Waals surface area contributed by atoms with Crippen molar-refractivity contribution < 1.29 is 9.59 Å². The number of likely N-dealkylation sites (tertiary alicyclic amines) is 1. The minimum Gasteiger partial charge on any atom is -0.366 e. The normalized spacial score (nSPS) is 16.3. The van der Waals surface area contributed by atoms with Gasteiger partial charge in [-0.2, -0.15) is 0 Å². The van der Waals surface area contributed by atoms with Gasteiger partial charge in [-0.25, -0.2) is 0 Å². The Bertz CT molecular complexity index is 1020. The number of aromatic nitrogens is 1. The van der Waals surface area contributed by atoms with Crippen LogP contribution in [-0.2, 0) is 17.6 Å². The standard InChI is InChI=1S/C24H29N5O2/c25-9-11-27-21(30)15-29-12-7-16(8-13-29)22-20-6-5-19(24(26)31)14-18(20)4-3-17-2-1-10-28-23(17)22/h1-2,5-6,10,14H,3-4,7-9,11-13,15,25H2,(H2,26,31)(H,27,30). The number of benzene rings is 1. The van der Waals surface area contributed by atoms with Gasteiger partial charge in [0.1, 0.15) is 0 Å². The van der Waals surface area contributed by atoms with E-state index in [-0.39, 0.29) is 5.91 Å². The van der Waals surface area contributed by atoms with E-state index in [1.54, 1.807) is 0 Å². The number of nitrogens with one attached hydrogen (secondary N) is 1. The molecule has 7 heteroatoms. The smallest absolute Gasteiger partial charge is 0.248 e. The minimum absolute atomic E-state index is 0.0207. The van der Waals surface area contributed by atoms with Crippen molar-refractivity contribution >= 4 is 17.4 Å². The maximum Gasteiger partial charge on any atom is 0.248 e. The maximum absolute atomic E-state index is 12.0. The molecule has 5 N–H and O–H groups in total. The number of nitrogens with two attached hydrogens (primary N) is 2. The lowest BCUT2D eigenvalue weighted by molar-refractivity contribution is -0.122. The van der Waals surface area contributed by atoms with Crippen molar-refractivity contribution in [3.05, 3.63) is 70.0 Å². The second kappa shape index (κ2) is 9.41. The lowest BCUT2D eigenvalue weighted by Gasteiger charge is -2.29. The Labute approximate surface area is 182 Å². The molecule has 1 saturated heterocycles. The first-order chi connectivity index (χ1) is 15.1. The molecular formula is C24H29N5O2. The summed E-state index contributed by atoms with van der Waals surface area (Å²) in [5.74, 6) is -0.384. The molecule has 1 aliphatic heterocycles. The van der Waals surface area contributed by atoms with Crippen molar-refractivity contribution in [2.24, 2.45) is 11.5 Å². The molecule has 31 heavy (non-hydrogen) atoms. The number of amides is 2. The molecule has 1 aromatic carbocycles. The molecule has 0 saturated carbocycles. The molecule has 0 atom stereocenters. The third-order valence-electron chi connectivity index (χ3n) is 6.10. The summed E-state index contributed by atoms with van der Waals surface area (Å²) in [4.78, 5) is 30.7. The van der Waals surface area contributed by atoms with Crippen LogP contribution in [-0.4, -0.2) is 54.4 Å². The van der Waals surface area contributed by atoms with Gasteiger partial charge in [0, 0.05) is 43.5 Å². The Balaban J connectivity index is 1.65. The molecule has 2 heterocycles. The first kappa shape index (κ1) is 21.2. The van der Waals surface area contributed by atoms with Gasteiger partial charge in [-0.1, -0.05) is 17.7 Å². The number of piperidine rings is 1. The summed E-state index contributed by atoms with van der Waals surface area (Å²) in [7, 11) is 0. The van der Waals surface area contributed by atoms with Gasteiger partial charge in [-0.3, -0.25) is 19.5 Å². The Hall–Kier alpha value is -3.03. The molecule has 7 nitrogen and oxygen atoms in total. The zero-order valence-electron chi connectivity index (χ0n) is 17.7. The largest absolute Gasteiger partial charge is 0.366 e. The second-order valence-corrected chi connectivity index (χ2v) is 8.14. The summed E-state index contributed by atoms with van der Waals surface area (Å²) in [5.41, 5.74) is 18.6. The maximum atomic E-state index is 12.0. The van der Waals surface area contributed by atoms with Crippen LogP contribution in [0.25, 0.3) is 5.57 Å². The summed E-state index contributed by atoms with van der Waals surface area (Å²) in [6, 6.07) is 9.89. The van der Waals surface area contributed by atoms with Crippen LogP contribution in [0.15, 0.2) is 42.1 Å². The molecule has 2 aromatic rings. The van der Waals surface area contributed by atoms with Gasteiger partial charge >= 0.3 is 0 Å². The highest BCUT2D eigenvalue weighted by Gasteiger charge is 2.26. The molecule has 0 unspecified atom stereocenters. The van der Waals surface area contributed by atoms with Gasteiger partial charge in [0.25, 0.3) is 0 Å². The lowest BCUT2D eigenvalue weighted by atomic mass is 9.88. The Kier molecular flexibility index (Phi) is 6.44. The molecular weight excluding hydrogens is 390 g/mol. The molecule has 2 aliphatic rings. The van der Waals surface area contributed by atoms with Gasteiger partial charge in [-0.15, -0.1) is 0 Å². The Morgan fingerprint density at radius 1 is 1.06 bits per heavy atom. The Morgan fingerprint density at radius 3 is 2.58 bits per heavy atom. The summed E-state index contributed by atoms with van der Waals surface area (Å²) >= 11 is 0. The number of carbonyl (C=O) groups is 2. The first-order valence-electron chi connectivity index (χ1n) is 10.9. The van der Waals surface area contributed by atoms with Crippen LogP contribution in [0, 0.1) is 0 Å². The fourth-order valence-electron chi connectivity index (χ4n) is 4.52. The quantitative estimate of drug-likeness (QED) is 0.675. The van der Waals surface area contributed by atoms with Crippen LogP contribution in [0.5, 0.6) is 0 Å². The van der Waals surface area contributed by atoms with Crippen molar-refractivity contribution in [2.45, 2.75) is 25.7 Å². The molecule has 4 rings (SSSR count). The number of rotatable bonds is 5. The SMILES string of the molecule is NCCNC(=O)CN1CCC(=C2c3ccc(C(N)=O)cc3CCc3cccnc32)CC1. The number of pyridine rings is 1. The highest BCUT2D eigenvalue weighted by Crippen LogP contribution is 2.37. The van der Waals surface area contributed by atoms with E-state index < -0.39 is 5.91 Å². The molecule has 0 bridgehead atoms. The van der Waals surface area contributed by atoms with Crippen molar-refractivity contribution in [2.75, 3.05) is 32.7 Å². The second-order valence-electron chi connectivity index (χ2n) is 8.14. The number of nitrogens with zero attached hydrogens (tertiary/aromatic N) is 2. The number of carbonyl (C=O) groups excluding carboxylic acids is 2. The predicted octanol–water partition coefficient (Wildman–Crippen LogP) is 1.25. The van der Waals surface area contributed by atoms with Crippen LogP contribution in [0.2, 0.25) is 0 Å². The van der Waals surface area contributed by atoms with Crippen LogP contribution >= 0.6 is 0 Å². The minimum atomic E-state index is -0.405. The average molecular weight is 420 g/mol. The monoisotopic (exact) mass is 419 g/mol. The summed E-state index contributed by atoms with van der Waals surface area (Å²) in [5, 5.41) is 2.84. The van der Waals surface area contributed by atoms with E-state index >= 15 is 0 Å². The lowest BCUT2D eigenvalue weighted by Crippen LogP contribution is -2.41. The first-order valence-corrected chi connectivity index (χ1v) is 10.9. The zero-order valence-corrected chi connectivity index (χ0v) is 17.7. The van der Waals surface area contributed by atoms with E-state index in [9.17, 15) is 9.59 Å². The van der Waals surface area contributed by atoms with E-state index in [0.29, 0.717) is 25.2 Å². The number of hydrogen-bond donors (Lipinski definition) is 3. The summed E-state index contributed by atoms with van der Waals surface area (Å²) in [6.07, 6.45) is 5.33. The third kappa shape index (κ3) is 4.68. The van der Waals surface area contributed by atoms with Gasteiger partial charge in [0.15, 0.2) is 0 Å². The molecule has 1 aliphatic carbocycles. The van der Waals surface area contributed by atoms with E-state index in [0.717, 1.165) is 55.6 Å². The van der Waals surface area contributed by atoms with Crippen molar-refractivity contribution in [1.82, 2.24) is 15.2 Å². The van der Waals surface area contributed by atoms with Gasteiger partial charge < -0.3 is 16.8 Å². The van der Waals surface area contributed by atoms with Gasteiger partial charge in [0.05, 0.1) is 12.2 Å². The Morgan fingerprint density at radius 2 is 1.84 bits per heavy atom. The van der Waals surface area contributed by atoms with Crippen LogP contribution in [0.3, 0.4) is 0 Å². The van der Waals surface area contributed by atoms with Crippen LogP contribution in [0.1, 0.15) is 45.6 Å². The molecule has 0 spiro atoms. The zero-order chi connectivity index (χ0) is 21.8. The number of fused-ring (bicyclic) bond motifs is 2. The fourth-order valence-corrected chi connectivity index (χ4v) is 4.52. The summed E-state index contributed by atoms with van der Waals surface area (Å²) in [6.45, 7) is 3.01.